The van der Waals surface area contributed by atoms with E-state index in [0.717, 1.165) is 22.1 Å². The second-order valence-corrected chi connectivity index (χ2v) is 5.27. The van der Waals surface area contributed by atoms with E-state index < -0.39 is 5.91 Å². The van der Waals surface area contributed by atoms with Gasteiger partial charge in [0.05, 0.1) is 6.61 Å². The van der Waals surface area contributed by atoms with Gasteiger partial charge in [-0.25, -0.2) is 4.98 Å². The Balaban J connectivity index is 2.07. The molecule has 24 heavy (non-hydrogen) atoms. The van der Waals surface area contributed by atoms with Crippen molar-refractivity contribution in [3.8, 4) is 11.1 Å². The first-order chi connectivity index (χ1) is 11.6. The number of carbonyl (C=O) groups is 1. The molecule has 3 aromatic heterocycles. The Morgan fingerprint density at radius 2 is 2.21 bits per heavy atom. The fourth-order valence-electron chi connectivity index (χ4n) is 2.48. The number of hydrogen-bond donors (Lipinski definition) is 3. The lowest BCUT2D eigenvalue weighted by Crippen LogP contribution is -2.20. The Kier molecular flexibility index (Phi) is 4.26. The number of primary amides is 1. The Labute approximate surface area is 137 Å². The predicted octanol–water partition coefficient (Wildman–Crippen LogP) is 0.882. The summed E-state index contributed by atoms with van der Waals surface area (Å²) in [4.78, 5) is 30.0. The van der Waals surface area contributed by atoms with Crippen molar-refractivity contribution in [2.45, 2.75) is 6.54 Å². The standard InChI is InChI=1S/C17H16N4O3/c18-15(23)3-1-11-8-19-17-14(11)7-13(9-20-17)12-2-4-16(24)21(10-12)5-6-22/h1-4,7-10,22H,5-6H2,(H2,18,23)(H,19,20)/b3-1+. The van der Waals surface area contributed by atoms with Crippen LogP contribution in [0.2, 0.25) is 0 Å². The van der Waals surface area contributed by atoms with Crippen molar-refractivity contribution in [2.75, 3.05) is 6.61 Å². The average molecular weight is 324 g/mol. The SMILES string of the molecule is NC(=O)/C=C/c1c[nH]c2ncc(-c3ccc(=O)n(CCO)c3)cc12. The largest absolute Gasteiger partial charge is 0.395 e. The molecular formula is C17H16N4O3. The number of nitrogens with one attached hydrogen (secondary N) is 1. The molecule has 0 spiro atoms. The molecule has 122 valence electrons. The molecule has 0 radical (unpaired) electrons. The van der Waals surface area contributed by atoms with E-state index in [-0.39, 0.29) is 18.7 Å². The molecule has 3 aromatic rings. The highest BCUT2D eigenvalue weighted by atomic mass is 16.3. The molecule has 0 atom stereocenters. The first kappa shape index (κ1) is 15.7. The van der Waals surface area contributed by atoms with Crippen molar-refractivity contribution in [2.24, 2.45) is 5.73 Å². The first-order valence-corrected chi connectivity index (χ1v) is 7.35. The third kappa shape index (κ3) is 3.11. The molecule has 0 saturated carbocycles. The summed E-state index contributed by atoms with van der Waals surface area (Å²) in [5.41, 5.74) is 8.07. The zero-order chi connectivity index (χ0) is 17.1. The minimum absolute atomic E-state index is 0.111. The molecule has 3 heterocycles. The van der Waals surface area contributed by atoms with Crippen LogP contribution in [0.15, 0.2) is 47.7 Å². The number of H-pyrrole nitrogens is 1. The fraction of sp³-hybridized carbons (Fsp3) is 0.118. The quantitative estimate of drug-likeness (QED) is 0.604. The highest BCUT2D eigenvalue weighted by molar-refractivity contribution is 5.95. The van der Waals surface area contributed by atoms with E-state index in [1.807, 2.05) is 6.07 Å². The molecule has 0 aliphatic rings. The van der Waals surface area contributed by atoms with Gasteiger partial charge in [-0.3, -0.25) is 9.59 Å². The van der Waals surface area contributed by atoms with E-state index in [9.17, 15) is 9.59 Å². The number of aromatic nitrogens is 3. The van der Waals surface area contributed by atoms with E-state index >= 15 is 0 Å². The maximum Gasteiger partial charge on any atom is 0.250 e. The molecule has 7 heteroatoms. The number of nitrogens with two attached hydrogens (primary N) is 1. The van der Waals surface area contributed by atoms with Crippen LogP contribution in [-0.4, -0.2) is 32.2 Å². The Morgan fingerprint density at radius 3 is 2.96 bits per heavy atom. The molecule has 4 N–H and O–H groups in total. The number of aliphatic hydroxyl groups is 1. The zero-order valence-electron chi connectivity index (χ0n) is 12.8. The topological polar surface area (TPSA) is 114 Å². The van der Waals surface area contributed by atoms with E-state index in [0.29, 0.717) is 5.65 Å². The van der Waals surface area contributed by atoms with Crippen LogP contribution in [0, 0.1) is 0 Å². The van der Waals surface area contributed by atoms with Gasteiger partial charge in [-0.2, -0.15) is 0 Å². The summed E-state index contributed by atoms with van der Waals surface area (Å²) >= 11 is 0. The van der Waals surface area contributed by atoms with E-state index in [2.05, 4.69) is 9.97 Å². The molecule has 1 amide bonds. The summed E-state index contributed by atoms with van der Waals surface area (Å²) in [7, 11) is 0. The van der Waals surface area contributed by atoms with Crippen molar-refractivity contribution in [3.63, 3.8) is 0 Å². The minimum Gasteiger partial charge on any atom is -0.395 e. The lowest BCUT2D eigenvalue weighted by Gasteiger charge is -2.07. The van der Waals surface area contributed by atoms with Crippen molar-refractivity contribution < 1.29 is 9.90 Å². The van der Waals surface area contributed by atoms with Gasteiger partial charge in [0.15, 0.2) is 0 Å². The minimum atomic E-state index is -0.524. The highest BCUT2D eigenvalue weighted by Crippen LogP contribution is 2.24. The number of pyridine rings is 2. The Morgan fingerprint density at radius 1 is 1.38 bits per heavy atom. The van der Waals surface area contributed by atoms with Crippen LogP contribution in [0.1, 0.15) is 5.56 Å². The number of rotatable bonds is 5. The van der Waals surface area contributed by atoms with Crippen LogP contribution >= 0.6 is 0 Å². The van der Waals surface area contributed by atoms with Gasteiger partial charge >= 0.3 is 0 Å². The van der Waals surface area contributed by atoms with Gasteiger partial charge in [0.2, 0.25) is 5.91 Å². The second kappa shape index (κ2) is 6.51. The number of amides is 1. The molecule has 7 nitrogen and oxygen atoms in total. The van der Waals surface area contributed by atoms with Gasteiger partial charge in [0.1, 0.15) is 5.65 Å². The van der Waals surface area contributed by atoms with E-state index in [1.165, 1.54) is 16.7 Å². The summed E-state index contributed by atoms with van der Waals surface area (Å²) in [5.74, 6) is -0.524. The van der Waals surface area contributed by atoms with Crippen molar-refractivity contribution in [3.05, 3.63) is 58.8 Å². The molecule has 0 unspecified atom stereocenters. The number of aromatic amines is 1. The smallest absolute Gasteiger partial charge is 0.250 e. The second-order valence-electron chi connectivity index (χ2n) is 5.27. The monoisotopic (exact) mass is 324 g/mol. The van der Waals surface area contributed by atoms with Crippen LogP contribution in [0.4, 0.5) is 0 Å². The molecule has 0 saturated heterocycles. The zero-order valence-corrected chi connectivity index (χ0v) is 12.8. The lowest BCUT2D eigenvalue weighted by atomic mass is 10.1. The molecule has 3 rings (SSSR count). The average Bonchev–Trinajstić information content (AvgIpc) is 2.97. The van der Waals surface area contributed by atoms with Crippen LogP contribution in [0.5, 0.6) is 0 Å². The molecular weight excluding hydrogens is 308 g/mol. The molecule has 0 aliphatic heterocycles. The van der Waals surface area contributed by atoms with Gasteiger partial charge in [-0.1, -0.05) is 0 Å². The maximum atomic E-state index is 11.7. The molecule has 0 aliphatic carbocycles. The Bertz CT molecular complexity index is 985. The van der Waals surface area contributed by atoms with Gasteiger partial charge in [-0.05, 0) is 23.8 Å². The van der Waals surface area contributed by atoms with Crippen molar-refractivity contribution in [1.82, 2.24) is 14.5 Å². The van der Waals surface area contributed by atoms with Crippen LogP contribution in [0.3, 0.4) is 0 Å². The number of aliphatic hydroxyl groups excluding tert-OH is 1. The fourth-order valence-corrected chi connectivity index (χ4v) is 2.48. The predicted molar refractivity (Wildman–Crippen MR) is 91.1 cm³/mol. The number of nitrogens with zero attached hydrogens (tertiary/aromatic N) is 2. The van der Waals surface area contributed by atoms with Gasteiger partial charge in [0, 0.05) is 53.8 Å². The number of carbonyl (C=O) groups excluding carboxylic acids is 1. The van der Waals surface area contributed by atoms with E-state index in [4.69, 9.17) is 10.8 Å². The first-order valence-electron chi connectivity index (χ1n) is 7.35. The third-order valence-corrected chi connectivity index (χ3v) is 3.65. The lowest BCUT2D eigenvalue weighted by molar-refractivity contribution is -0.113. The normalized spacial score (nSPS) is 11.4. The van der Waals surface area contributed by atoms with Crippen LogP contribution in [0.25, 0.3) is 28.2 Å². The van der Waals surface area contributed by atoms with Gasteiger partial charge in [0.25, 0.3) is 5.56 Å². The third-order valence-electron chi connectivity index (χ3n) is 3.65. The maximum absolute atomic E-state index is 11.7. The van der Waals surface area contributed by atoms with E-state index in [1.54, 1.807) is 30.7 Å². The van der Waals surface area contributed by atoms with Crippen LogP contribution in [-0.2, 0) is 11.3 Å². The van der Waals surface area contributed by atoms with Crippen LogP contribution < -0.4 is 11.3 Å². The van der Waals surface area contributed by atoms with Gasteiger partial charge < -0.3 is 20.4 Å². The summed E-state index contributed by atoms with van der Waals surface area (Å²) in [6.45, 7) is 0.125. The summed E-state index contributed by atoms with van der Waals surface area (Å²) in [6.07, 6.45) is 8.04. The highest BCUT2D eigenvalue weighted by Gasteiger charge is 2.07. The van der Waals surface area contributed by atoms with Crippen molar-refractivity contribution in [1.29, 1.82) is 0 Å². The number of fused-ring (bicyclic) bond motifs is 1. The van der Waals surface area contributed by atoms with Crippen molar-refractivity contribution >= 4 is 23.0 Å². The van der Waals surface area contributed by atoms with Gasteiger partial charge in [-0.15, -0.1) is 0 Å². The molecule has 0 aromatic carbocycles. The Hall–Kier alpha value is -3.19. The summed E-state index contributed by atoms with van der Waals surface area (Å²) in [5, 5.41) is 9.88. The summed E-state index contributed by atoms with van der Waals surface area (Å²) in [6, 6.07) is 5.09. The summed E-state index contributed by atoms with van der Waals surface area (Å²) < 4.78 is 1.45. The molecule has 0 fully saturated rings. The number of hydrogen-bond acceptors (Lipinski definition) is 4. The molecule has 0 bridgehead atoms.